The van der Waals surface area contributed by atoms with Crippen LogP contribution in [0.4, 0.5) is 16.4 Å². The molecule has 1 aliphatic carbocycles. The van der Waals surface area contributed by atoms with E-state index in [1.54, 1.807) is 11.7 Å². The molecule has 0 bridgehead atoms. The fraction of sp³-hybridized carbons (Fsp3) is 0.441. The summed E-state index contributed by atoms with van der Waals surface area (Å²) < 4.78 is 15.1. The van der Waals surface area contributed by atoms with Gasteiger partial charge in [-0.1, -0.05) is 12.5 Å². The number of aryl methyl sites for hydroxylation is 2. The van der Waals surface area contributed by atoms with Crippen LogP contribution in [-0.4, -0.2) is 62.4 Å². The summed E-state index contributed by atoms with van der Waals surface area (Å²) in [5, 5.41) is 3.52. The molecule has 9 nitrogen and oxygen atoms in total. The zero-order valence-corrected chi connectivity index (χ0v) is 25.7. The summed E-state index contributed by atoms with van der Waals surface area (Å²) in [7, 11) is 1.67. The van der Waals surface area contributed by atoms with Gasteiger partial charge < -0.3 is 24.3 Å². The highest BCUT2D eigenvalue weighted by Crippen LogP contribution is 2.33. The Hall–Kier alpha value is -4.11. The van der Waals surface area contributed by atoms with Crippen LogP contribution in [0, 0.1) is 0 Å². The van der Waals surface area contributed by atoms with Crippen LogP contribution in [-0.2, 0) is 17.7 Å². The number of imidazole rings is 1. The molecule has 2 aliphatic rings. The maximum Gasteiger partial charge on any atom is 0.419 e. The van der Waals surface area contributed by atoms with Gasteiger partial charge in [-0.2, -0.15) is 0 Å². The van der Waals surface area contributed by atoms with Gasteiger partial charge in [0.2, 0.25) is 5.95 Å². The third kappa shape index (κ3) is 6.46. The second-order valence-corrected chi connectivity index (χ2v) is 12.5. The molecule has 1 N–H and O–H groups in total. The normalized spacial score (nSPS) is 15.4. The lowest BCUT2D eigenvalue weighted by Gasteiger charge is -2.26. The van der Waals surface area contributed by atoms with Crippen molar-refractivity contribution in [2.45, 2.75) is 71.4 Å². The van der Waals surface area contributed by atoms with Crippen LogP contribution in [0.2, 0.25) is 0 Å². The van der Waals surface area contributed by atoms with Gasteiger partial charge in [-0.05, 0) is 121 Å². The quantitative estimate of drug-likeness (QED) is 0.234. The zero-order chi connectivity index (χ0) is 30.0. The third-order valence-corrected chi connectivity index (χ3v) is 8.10. The summed E-state index contributed by atoms with van der Waals surface area (Å²) in [5.41, 5.74) is 5.54. The zero-order valence-electron chi connectivity index (χ0n) is 25.7. The number of carbonyl (C=O) groups is 1. The molecule has 6 rings (SSSR count). The molecule has 1 fully saturated rings. The first-order chi connectivity index (χ1) is 20.8. The van der Waals surface area contributed by atoms with Gasteiger partial charge in [-0.3, -0.25) is 4.98 Å². The average molecular weight is 583 g/mol. The molecular weight excluding hydrogens is 540 g/mol. The predicted molar refractivity (Wildman–Crippen MR) is 171 cm³/mol. The Morgan fingerprint density at radius 3 is 2.58 bits per heavy atom. The Labute approximate surface area is 253 Å². The molecule has 9 heteroatoms. The summed E-state index contributed by atoms with van der Waals surface area (Å²) >= 11 is 0. The molecular formula is C34H42N6O3. The number of aromatic nitrogens is 4. The highest BCUT2D eigenvalue weighted by Gasteiger charge is 2.26. The summed E-state index contributed by atoms with van der Waals surface area (Å²) in [5.74, 6) is 1.57. The third-order valence-electron chi connectivity index (χ3n) is 8.10. The highest BCUT2D eigenvalue weighted by atomic mass is 16.6. The van der Waals surface area contributed by atoms with E-state index < -0.39 is 11.7 Å². The van der Waals surface area contributed by atoms with Crippen molar-refractivity contribution in [3.63, 3.8) is 0 Å². The average Bonchev–Trinajstić information content (AvgIpc) is 3.55. The molecule has 3 aromatic heterocycles. The second-order valence-electron chi connectivity index (χ2n) is 12.5. The number of pyridine rings is 1. The number of benzene rings is 1. The van der Waals surface area contributed by atoms with E-state index in [0.717, 1.165) is 77.7 Å². The number of nitrogens with one attached hydrogen (secondary N) is 1. The molecule has 1 aromatic carbocycles. The van der Waals surface area contributed by atoms with Crippen molar-refractivity contribution in [2.24, 2.45) is 0 Å². The minimum Gasteiger partial charge on any atom is -0.497 e. The van der Waals surface area contributed by atoms with Gasteiger partial charge in [-0.15, -0.1) is 0 Å². The molecule has 0 radical (unpaired) electrons. The van der Waals surface area contributed by atoms with Gasteiger partial charge in [0, 0.05) is 12.2 Å². The van der Waals surface area contributed by atoms with Gasteiger partial charge in [0.1, 0.15) is 16.9 Å². The molecule has 0 saturated carbocycles. The highest BCUT2D eigenvalue weighted by molar-refractivity contribution is 5.87. The number of methoxy groups -OCH3 is 1. The van der Waals surface area contributed by atoms with Crippen molar-refractivity contribution < 1.29 is 14.3 Å². The molecule has 4 aromatic rings. The fourth-order valence-electron chi connectivity index (χ4n) is 6.01. The van der Waals surface area contributed by atoms with Crippen LogP contribution in [0.5, 0.6) is 5.75 Å². The van der Waals surface area contributed by atoms with Crippen LogP contribution in [0.25, 0.3) is 28.5 Å². The van der Waals surface area contributed by atoms with E-state index >= 15 is 0 Å². The number of carbonyl (C=O) groups excluding carboxylic acids is 1. The number of ether oxygens (including phenoxy) is 2. The van der Waals surface area contributed by atoms with Crippen molar-refractivity contribution in [1.82, 2.24) is 24.0 Å². The van der Waals surface area contributed by atoms with Crippen molar-refractivity contribution in [1.29, 1.82) is 0 Å². The van der Waals surface area contributed by atoms with Gasteiger partial charge in [-0.25, -0.2) is 14.3 Å². The Kier molecular flexibility index (Phi) is 8.25. The number of allylic oxidation sites excluding steroid dienone is 1. The number of hydrogen-bond acceptors (Lipinski definition) is 7. The lowest BCUT2D eigenvalue weighted by Crippen LogP contribution is -2.31. The number of fused-ring (bicyclic) bond motifs is 2. The summed E-state index contributed by atoms with van der Waals surface area (Å²) in [6.07, 6.45) is 12.3. The number of anilines is 2. The Balaban J connectivity index is 1.38. The van der Waals surface area contributed by atoms with Crippen molar-refractivity contribution in [3.05, 3.63) is 59.9 Å². The maximum atomic E-state index is 13.5. The summed E-state index contributed by atoms with van der Waals surface area (Å²) in [6.45, 7) is 9.88. The van der Waals surface area contributed by atoms with E-state index in [4.69, 9.17) is 19.4 Å². The number of likely N-dealkylation sites (tertiary alicyclic amines) is 1. The maximum absolute atomic E-state index is 13.5. The first-order valence-electron chi connectivity index (χ1n) is 15.4. The van der Waals surface area contributed by atoms with Gasteiger partial charge in [0.05, 0.1) is 35.9 Å². The topological polar surface area (TPSA) is 86.4 Å². The number of piperidine rings is 1. The van der Waals surface area contributed by atoms with Crippen LogP contribution in [0.15, 0.2) is 48.7 Å². The molecule has 0 unspecified atom stereocenters. The van der Waals surface area contributed by atoms with Crippen LogP contribution in [0.1, 0.15) is 64.1 Å². The van der Waals surface area contributed by atoms with E-state index in [1.165, 1.54) is 32.4 Å². The minimum absolute atomic E-state index is 0.394. The summed E-state index contributed by atoms with van der Waals surface area (Å²) in [6, 6.07) is 12.0. The fourth-order valence-corrected chi connectivity index (χ4v) is 6.01. The largest absolute Gasteiger partial charge is 0.497 e. The molecule has 0 atom stereocenters. The van der Waals surface area contributed by atoms with E-state index in [9.17, 15) is 4.79 Å². The monoisotopic (exact) mass is 582 g/mol. The Morgan fingerprint density at radius 2 is 1.84 bits per heavy atom. The smallest absolute Gasteiger partial charge is 0.419 e. The van der Waals surface area contributed by atoms with Crippen molar-refractivity contribution >= 4 is 34.8 Å². The molecule has 1 saturated heterocycles. The van der Waals surface area contributed by atoms with E-state index in [2.05, 4.69) is 33.0 Å². The summed E-state index contributed by atoms with van der Waals surface area (Å²) in [4.78, 5) is 25.8. The number of hydrogen-bond donors (Lipinski definition) is 1. The van der Waals surface area contributed by atoms with Crippen LogP contribution >= 0.6 is 0 Å². The number of nitrogens with zero attached hydrogens (tertiary/aromatic N) is 5. The number of rotatable bonds is 8. The van der Waals surface area contributed by atoms with E-state index in [1.807, 2.05) is 57.3 Å². The molecule has 0 amide bonds. The van der Waals surface area contributed by atoms with Crippen LogP contribution < -0.4 is 10.1 Å². The van der Waals surface area contributed by atoms with E-state index in [0.29, 0.717) is 5.69 Å². The molecule has 1 aliphatic heterocycles. The second kappa shape index (κ2) is 12.2. The Morgan fingerprint density at radius 1 is 1.05 bits per heavy atom. The Bertz CT molecular complexity index is 1620. The first-order valence-corrected chi connectivity index (χ1v) is 15.4. The molecule has 4 heterocycles. The molecule has 0 spiro atoms. The first kappa shape index (κ1) is 29.0. The molecule has 226 valence electrons. The van der Waals surface area contributed by atoms with Crippen molar-refractivity contribution in [2.75, 3.05) is 32.1 Å². The standard InChI is InChI=1S/C34H42N6O3/c1-34(2,3)43-33(41)40-29-12-7-6-11-24(29)21-31(40)27-22-30-28(23-35-27)37-32(36-25-13-15-26(42-4)16-14-25)39(30)20-10-19-38-17-8-5-9-18-38/h7,12-16,21-23H,5-6,8-11,17-20H2,1-4H3,(H,36,37). The minimum atomic E-state index is -0.615. The van der Waals surface area contributed by atoms with Gasteiger partial charge >= 0.3 is 6.09 Å². The molecule has 43 heavy (non-hydrogen) atoms. The predicted octanol–water partition coefficient (Wildman–Crippen LogP) is 7.27. The lowest BCUT2D eigenvalue weighted by molar-refractivity contribution is 0.0539. The lowest BCUT2D eigenvalue weighted by atomic mass is 10.0. The van der Waals surface area contributed by atoms with Gasteiger partial charge in [0.15, 0.2) is 0 Å². The van der Waals surface area contributed by atoms with Crippen LogP contribution in [0.3, 0.4) is 0 Å². The van der Waals surface area contributed by atoms with Gasteiger partial charge in [0.25, 0.3) is 0 Å². The van der Waals surface area contributed by atoms with Crippen molar-refractivity contribution in [3.8, 4) is 17.1 Å². The SMILES string of the molecule is COc1ccc(Nc2nc3cnc(-c4cc5c(n4C(=O)OC(C)(C)C)C=CCC5)cc3n2CCCN2CCCCC2)cc1. The van der Waals surface area contributed by atoms with E-state index in [-0.39, 0.29) is 0 Å².